The van der Waals surface area contributed by atoms with Crippen molar-refractivity contribution >= 4 is 28.9 Å². The standard InChI is InChI=1S/C18H12ClN5O/c19-14-5-3-13(4-6-14)17(24-25)16-9-10-21-18(23-16)22-15-7-1-12(11-20)2-8-15/h1-10,25H,(H,21,22,23)/b24-17+. The number of nitrogens with one attached hydrogen (secondary N) is 1. The van der Waals surface area contributed by atoms with Crippen molar-refractivity contribution in [2.24, 2.45) is 5.16 Å². The highest BCUT2D eigenvalue weighted by molar-refractivity contribution is 6.30. The van der Waals surface area contributed by atoms with Gasteiger partial charge in [-0.2, -0.15) is 5.26 Å². The first-order valence-corrected chi connectivity index (χ1v) is 7.66. The Kier molecular flexibility index (Phi) is 4.88. The summed E-state index contributed by atoms with van der Waals surface area (Å²) in [6.45, 7) is 0. The van der Waals surface area contributed by atoms with Crippen LogP contribution in [0.3, 0.4) is 0 Å². The van der Waals surface area contributed by atoms with E-state index in [0.717, 1.165) is 5.69 Å². The summed E-state index contributed by atoms with van der Waals surface area (Å²) < 4.78 is 0. The van der Waals surface area contributed by atoms with Gasteiger partial charge in [-0.1, -0.05) is 28.9 Å². The highest BCUT2D eigenvalue weighted by Gasteiger charge is 2.11. The van der Waals surface area contributed by atoms with Crippen LogP contribution in [0.1, 0.15) is 16.8 Å². The minimum Gasteiger partial charge on any atom is -0.410 e. The maximum Gasteiger partial charge on any atom is 0.227 e. The molecule has 0 radical (unpaired) electrons. The zero-order valence-corrected chi connectivity index (χ0v) is 13.6. The molecule has 0 aliphatic carbocycles. The summed E-state index contributed by atoms with van der Waals surface area (Å²) in [6, 6.07) is 17.5. The fourth-order valence-corrected chi connectivity index (χ4v) is 2.30. The molecule has 122 valence electrons. The number of anilines is 2. The van der Waals surface area contributed by atoms with Gasteiger partial charge < -0.3 is 10.5 Å². The number of hydrogen-bond acceptors (Lipinski definition) is 6. The number of nitrogens with zero attached hydrogens (tertiary/aromatic N) is 4. The summed E-state index contributed by atoms with van der Waals surface area (Å²) in [6.07, 6.45) is 1.56. The van der Waals surface area contributed by atoms with E-state index in [9.17, 15) is 5.21 Å². The molecule has 0 atom stereocenters. The summed E-state index contributed by atoms with van der Waals surface area (Å²) in [5.74, 6) is 0.345. The Labute approximate surface area is 149 Å². The number of hydrogen-bond donors (Lipinski definition) is 2. The zero-order valence-electron chi connectivity index (χ0n) is 12.9. The van der Waals surface area contributed by atoms with E-state index in [1.807, 2.05) is 0 Å². The van der Waals surface area contributed by atoms with Gasteiger partial charge in [0.2, 0.25) is 5.95 Å². The highest BCUT2D eigenvalue weighted by Crippen LogP contribution is 2.17. The first kappa shape index (κ1) is 16.4. The van der Waals surface area contributed by atoms with E-state index in [2.05, 4.69) is 26.5 Å². The van der Waals surface area contributed by atoms with Crippen LogP contribution in [0.2, 0.25) is 5.02 Å². The SMILES string of the molecule is N#Cc1ccc(Nc2nccc(/C(=N/O)c3ccc(Cl)cc3)n2)cc1. The van der Waals surface area contributed by atoms with E-state index in [1.165, 1.54) is 0 Å². The zero-order chi connectivity index (χ0) is 17.6. The Morgan fingerprint density at radius 2 is 1.80 bits per heavy atom. The van der Waals surface area contributed by atoms with Gasteiger partial charge in [0.05, 0.1) is 17.3 Å². The van der Waals surface area contributed by atoms with E-state index in [1.54, 1.807) is 60.8 Å². The van der Waals surface area contributed by atoms with Crippen LogP contribution in [-0.4, -0.2) is 20.9 Å². The van der Waals surface area contributed by atoms with Crippen LogP contribution in [0.25, 0.3) is 0 Å². The van der Waals surface area contributed by atoms with Crippen LogP contribution in [0.15, 0.2) is 65.9 Å². The fraction of sp³-hybridized carbons (Fsp3) is 0. The summed E-state index contributed by atoms with van der Waals surface area (Å²) in [5, 5.41) is 25.2. The molecule has 1 heterocycles. The summed E-state index contributed by atoms with van der Waals surface area (Å²) in [7, 11) is 0. The van der Waals surface area contributed by atoms with Crippen molar-refractivity contribution in [2.75, 3.05) is 5.32 Å². The van der Waals surface area contributed by atoms with E-state index in [4.69, 9.17) is 16.9 Å². The van der Waals surface area contributed by atoms with Crippen molar-refractivity contribution in [3.05, 3.63) is 82.6 Å². The summed E-state index contributed by atoms with van der Waals surface area (Å²) in [4.78, 5) is 8.53. The second-order valence-electron chi connectivity index (χ2n) is 5.04. The number of nitriles is 1. The molecular formula is C18H12ClN5O. The molecule has 0 saturated carbocycles. The molecule has 0 bridgehead atoms. The summed E-state index contributed by atoms with van der Waals surface area (Å²) >= 11 is 5.88. The van der Waals surface area contributed by atoms with Gasteiger partial charge in [-0.3, -0.25) is 0 Å². The van der Waals surface area contributed by atoms with Crippen LogP contribution >= 0.6 is 11.6 Å². The first-order valence-electron chi connectivity index (χ1n) is 7.28. The number of aromatic nitrogens is 2. The van der Waals surface area contributed by atoms with Gasteiger partial charge in [-0.05, 0) is 42.5 Å². The third-order valence-corrected chi connectivity index (χ3v) is 3.64. The Balaban J connectivity index is 1.87. The quantitative estimate of drug-likeness (QED) is 0.422. The van der Waals surface area contributed by atoms with Gasteiger partial charge in [0.15, 0.2) is 0 Å². The fourth-order valence-electron chi connectivity index (χ4n) is 2.17. The Morgan fingerprint density at radius 3 is 2.44 bits per heavy atom. The Bertz CT molecular complexity index is 946. The lowest BCUT2D eigenvalue weighted by Gasteiger charge is -2.08. The second kappa shape index (κ2) is 7.43. The van der Waals surface area contributed by atoms with Crippen LogP contribution in [0, 0.1) is 11.3 Å². The average Bonchev–Trinajstić information content (AvgIpc) is 2.65. The molecule has 0 spiro atoms. The molecule has 7 heteroatoms. The molecule has 0 aliphatic rings. The lowest BCUT2D eigenvalue weighted by atomic mass is 10.1. The molecular weight excluding hydrogens is 338 g/mol. The van der Waals surface area contributed by atoms with Crippen molar-refractivity contribution in [3.8, 4) is 6.07 Å². The maximum atomic E-state index is 9.38. The molecule has 2 N–H and O–H groups in total. The van der Waals surface area contributed by atoms with Crippen molar-refractivity contribution < 1.29 is 5.21 Å². The molecule has 6 nitrogen and oxygen atoms in total. The topological polar surface area (TPSA) is 94.2 Å². The van der Waals surface area contributed by atoms with Crippen molar-refractivity contribution in [2.45, 2.75) is 0 Å². The molecule has 0 aliphatic heterocycles. The monoisotopic (exact) mass is 349 g/mol. The van der Waals surface area contributed by atoms with Gasteiger partial charge in [-0.25, -0.2) is 9.97 Å². The van der Waals surface area contributed by atoms with E-state index in [-0.39, 0.29) is 0 Å². The van der Waals surface area contributed by atoms with E-state index < -0.39 is 0 Å². The number of benzene rings is 2. The third-order valence-electron chi connectivity index (χ3n) is 3.39. The smallest absolute Gasteiger partial charge is 0.227 e. The lowest BCUT2D eigenvalue weighted by molar-refractivity contribution is 0.319. The van der Waals surface area contributed by atoms with Gasteiger partial charge in [0, 0.05) is 22.5 Å². The number of halogens is 1. The van der Waals surface area contributed by atoms with Crippen LogP contribution in [0.5, 0.6) is 0 Å². The molecule has 3 aromatic rings. The van der Waals surface area contributed by atoms with Crippen LogP contribution in [-0.2, 0) is 0 Å². The molecule has 0 amide bonds. The number of rotatable bonds is 4. The van der Waals surface area contributed by atoms with Gasteiger partial charge in [-0.15, -0.1) is 0 Å². The highest BCUT2D eigenvalue weighted by atomic mass is 35.5. The van der Waals surface area contributed by atoms with Crippen molar-refractivity contribution in [1.29, 1.82) is 5.26 Å². The third kappa shape index (κ3) is 3.91. The predicted octanol–water partition coefficient (Wildman–Crippen LogP) is 3.97. The van der Waals surface area contributed by atoms with Gasteiger partial charge in [0.1, 0.15) is 5.71 Å². The van der Waals surface area contributed by atoms with E-state index in [0.29, 0.717) is 33.5 Å². The van der Waals surface area contributed by atoms with Crippen molar-refractivity contribution in [1.82, 2.24) is 9.97 Å². The molecule has 1 aromatic heterocycles. The Hall–Kier alpha value is -3.43. The molecule has 2 aromatic carbocycles. The molecule has 0 unspecified atom stereocenters. The predicted molar refractivity (Wildman–Crippen MR) is 95.3 cm³/mol. The first-order chi connectivity index (χ1) is 12.2. The molecule has 0 saturated heterocycles. The van der Waals surface area contributed by atoms with Crippen LogP contribution in [0.4, 0.5) is 11.6 Å². The lowest BCUT2D eigenvalue weighted by Crippen LogP contribution is -2.08. The largest absolute Gasteiger partial charge is 0.410 e. The normalized spacial score (nSPS) is 11.0. The minimum atomic E-state index is 0.307. The summed E-state index contributed by atoms with van der Waals surface area (Å²) in [5.41, 5.74) is 2.75. The molecule has 0 fully saturated rings. The van der Waals surface area contributed by atoms with Crippen LogP contribution < -0.4 is 5.32 Å². The molecule has 25 heavy (non-hydrogen) atoms. The average molecular weight is 350 g/mol. The minimum absolute atomic E-state index is 0.307. The molecule has 3 rings (SSSR count). The van der Waals surface area contributed by atoms with E-state index >= 15 is 0 Å². The Morgan fingerprint density at radius 1 is 1.08 bits per heavy atom. The number of oxime groups is 1. The maximum absolute atomic E-state index is 9.38. The van der Waals surface area contributed by atoms with Crippen molar-refractivity contribution in [3.63, 3.8) is 0 Å². The van der Waals surface area contributed by atoms with Gasteiger partial charge in [0.25, 0.3) is 0 Å². The van der Waals surface area contributed by atoms with Gasteiger partial charge >= 0.3 is 0 Å². The second-order valence-corrected chi connectivity index (χ2v) is 5.47.